The summed E-state index contributed by atoms with van der Waals surface area (Å²) in [5, 5.41) is 34.2. The van der Waals surface area contributed by atoms with Gasteiger partial charge in [-0.1, -0.05) is 71.0 Å². The van der Waals surface area contributed by atoms with E-state index in [9.17, 15) is 24.6 Å². The van der Waals surface area contributed by atoms with Crippen molar-refractivity contribution in [3.05, 3.63) is 77.4 Å². The van der Waals surface area contributed by atoms with Crippen LogP contribution in [0.25, 0.3) is 0 Å². The van der Waals surface area contributed by atoms with Gasteiger partial charge in [0.1, 0.15) is 23.6 Å². The topological polar surface area (TPSA) is 203 Å². The average molecular weight is 752 g/mol. The number of amides is 3. The molecule has 0 aromatic heterocycles. The number of rotatable bonds is 19. The molecule has 3 rings (SSSR count). The van der Waals surface area contributed by atoms with Crippen molar-refractivity contribution < 1.29 is 43.5 Å². The first-order valence-electron chi connectivity index (χ1n) is 17.8. The van der Waals surface area contributed by atoms with Gasteiger partial charge >= 0.3 is 0 Å². The number of aliphatic hydroxyl groups excluding tert-OH is 1. The van der Waals surface area contributed by atoms with Gasteiger partial charge in [0.05, 0.1) is 46.6 Å². The summed E-state index contributed by atoms with van der Waals surface area (Å²) in [5.74, 6) is -0.562. The van der Waals surface area contributed by atoms with Gasteiger partial charge in [-0.05, 0) is 41.5 Å². The third-order valence-corrected chi connectivity index (χ3v) is 9.17. The highest BCUT2D eigenvalue weighted by atomic mass is 16.5. The molecular formula is C40H57N5O9. The minimum atomic E-state index is -1.53. The SMILES string of the molecule is COc1ccc(CNC(=O)[C@@H](NC(=O)[C@H](NCc2ccc(OC)c(OC)c2OC)[C@H](O)[C@H](Cc2ccccc2)NC(=O)[C@@H](N)C(C)(C)C)C(C)C)c(O)c1. The van der Waals surface area contributed by atoms with E-state index >= 15 is 0 Å². The Morgan fingerprint density at radius 2 is 1.41 bits per heavy atom. The Morgan fingerprint density at radius 3 is 1.96 bits per heavy atom. The first-order chi connectivity index (χ1) is 25.6. The molecule has 8 N–H and O–H groups in total. The van der Waals surface area contributed by atoms with Crippen molar-refractivity contribution in [2.24, 2.45) is 17.1 Å². The number of aromatic hydroxyl groups is 1. The van der Waals surface area contributed by atoms with Crippen LogP contribution < -0.4 is 45.9 Å². The maximum absolute atomic E-state index is 14.4. The monoisotopic (exact) mass is 751 g/mol. The summed E-state index contributed by atoms with van der Waals surface area (Å²) in [6.45, 7) is 9.03. The van der Waals surface area contributed by atoms with Crippen molar-refractivity contribution in [3.63, 3.8) is 0 Å². The Morgan fingerprint density at radius 1 is 0.759 bits per heavy atom. The molecule has 0 saturated heterocycles. The zero-order valence-corrected chi connectivity index (χ0v) is 32.7. The molecule has 0 fully saturated rings. The van der Waals surface area contributed by atoms with E-state index < -0.39 is 53.4 Å². The van der Waals surface area contributed by atoms with Gasteiger partial charge in [-0.15, -0.1) is 0 Å². The van der Waals surface area contributed by atoms with Gasteiger partial charge in [0.25, 0.3) is 0 Å². The molecular weight excluding hydrogens is 694 g/mol. The van der Waals surface area contributed by atoms with Crippen LogP contribution in [0.5, 0.6) is 28.7 Å². The second-order valence-electron chi connectivity index (χ2n) is 14.4. The van der Waals surface area contributed by atoms with Gasteiger partial charge in [-0.3, -0.25) is 19.7 Å². The van der Waals surface area contributed by atoms with Crippen LogP contribution in [0.2, 0.25) is 0 Å². The number of nitrogens with one attached hydrogen (secondary N) is 4. The highest BCUT2D eigenvalue weighted by Crippen LogP contribution is 2.39. The second-order valence-corrected chi connectivity index (χ2v) is 14.4. The van der Waals surface area contributed by atoms with E-state index in [1.54, 1.807) is 38.1 Å². The van der Waals surface area contributed by atoms with E-state index in [0.717, 1.165) is 5.56 Å². The lowest BCUT2D eigenvalue weighted by Crippen LogP contribution is -2.63. The number of phenolic OH excluding ortho intramolecular Hbond substituents is 1. The third-order valence-electron chi connectivity index (χ3n) is 9.17. The lowest BCUT2D eigenvalue weighted by Gasteiger charge is -2.34. The van der Waals surface area contributed by atoms with E-state index in [1.807, 2.05) is 51.1 Å². The molecule has 0 aliphatic carbocycles. The highest BCUT2D eigenvalue weighted by molar-refractivity contribution is 5.90. The summed E-state index contributed by atoms with van der Waals surface area (Å²) in [6, 6.07) is 13.1. The zero-order valence-electron chi connectivity index (χ0n) is 32.7. The molecule has 0 unspecified atom stereocenters. The van der Waals surface area contributed by atoms with Crippen LogP contribution in [0.4, 0.5) is 0 Å². The molecule has 0 aliphatic heterocycles. The van der Waals surface area contributed by atoms with Crippen LogP contribution in [-0.2, 0) is 33.9 Å². The number of phenols is 1. The van der Waals surface area contributed by atoms with Crippen LogP contribution in [0.3, 0.4) is 0 Å². The van der Waals surface area contributed by atoms with Crippen LogP contribution in [-0.4, -0.2) is 86.6 Å². The summed E-state index contributed by atoms with van der Waals surface area (Å²) in [6.07, 6.45) is -1.37. The number of carbonyl (C=O) groups excluding carboxylic acids is 3. The number of ether oxygens (including phenoxy) is 4. The quantitative estimate of drug-likeness (QED) is 0.0950. The fraction of sp³-hybridized carbons (Fsp3) is 0.475. The molecule has 296 valence electrons. The van der Waals surface area contributed by atoms with E-state index in [-0.39, 0.29) is 31.2 Å². The smallest absolute Gasteiger partial charge is 0.243 e. The van der Waals surface area contributed by atoms with Crippen LogP contribution in [0, 0.1) is 11.3 Å². The molecule has 0 saturated carbocycles. The molecule has 14 heteroatoms. The number of hydrogen-bond acceptors (Lipinski definition) is 11. The van der Waals surface area contributed by atoms with E-state index in [4.69, 9.17) is 24.7 Å². The summed E-state index contributed by atoms with van der Waals surface area (Å²) in [7, 11) is 5.93. The van der Waals surface area contributed by atoms with Crippen LogP contribution >= 0.6 is 0 Å². The van der Waals surface area contributed by atoms with E-state index in [2.05, 4.69) is 21.3 Å². The van der Waals surface area contributed by atoms with Crippen molar-refractivity contribution in [2.45, 2.75) is 84.4 Å². The van der Waals surface area contributed by atoms with Gasteiger partial charge in [-0.25, -0.2) is 0 Å². The number of hydrogen-bond donors (Lipinski definition) is 7. The zero-order chi connectivity index (χ0) is 40.2. The lowest BCUT2D eigenvalue weighted by atomic mass is 9.86. The average Bonchev–Trinajstić information content (AvgIpc) is 3.14. The van der Waals surface area contributed by atoms with Crippen molar-refractivity contribution in [1.82, 2.24) is 21.3 Å². The molecule has 0 spiro atoms. The molecule has 14 nitrogen and oxygen atoms in total. The lowest BCUT2D eigenvalue weighted by molar-refractivity contribution is -0.134. The number of carbonyl (C=O) groups is 3. The molecule has 54 heavy (non-hydrogen) atoms. The standard InChI is InChI=1S/C40H57N5O9/c1-23(2)31(37(48)43-21-25-15-17-27(51-6)20-29(25)46)45-38(49)32(42-22-26-16-18-30(52-7)35(54-9)34(26)53-8)33(47)28(19-24-13-11-10-12-14-24)44-39(50)36(41)40(3,4)5/h10-18,20,23,28,31-33,36,42,46-47H,19,21-22,41H2,1-9H3,(H,43,48)(H,44,50)(H,45,49)/t28-,31-,32+,33+,36+/m0/s1. The van der Waals surface area contributed by atoms with Gasteiger partial charge < -0.3 is 50.8 Å². The van der Waals surface area contributed by atoms with Crippen LogP contribution in [0.15, 0.2) is 60.7 Å². The van der Waals surface area contributed by atoms with Gasteiger partial charge in [0.2, 0.25) is 23.5 Å². The van der Waals surface area contributed by atoms with Crippen molar-refractivity contribution in [3.8, 4) is 28.7 Å². The third kappa shape index (κ3) is 11.5. The minimum absolute atomic E-state index is 0.00146. The molecule has 3 aromatic carbocycles. The van der Waals surface area contributed by atoms with E-state index in [1.165, 1.54) is 34.5 Å². The summed E-state index contributed by atoms with van der Waals surface area (Å²) < 4.78 is 21.8. The molecule has 3 aromatic rings. The number of nitrogens with two attached hydrogens (primary N) is 1. The Balaban J connectivity index is 2.00. The fourth-order valence-electron chi connectivity index (χ4n) is 5.80. The molecule has 0 heterocycles. The largest absolute Gasteiger partial charge is 0.507 e. The minimum Gasteiger partial charge on any atom is -0.507 e. The Hall–Kier alpha value is -5.05. The molecule has 3 amide bonds. The number of methoxy groups -OCH3 is 4. The van der Waals surface area contributed by atoms with Crippen LogP contribution in [0.1, 0.15) is 51.3 Å². The van der Waals surface area contributed by atoms with Gasteiger partial charge in [0.15, 0.2) is 11.5 Å². The summed E-state index contributed by atoms with van der Waals surface area (Å²) in [5.41, 5.74) is 7.56. The molecule has 0 radical (unpaired) electrons. The highest BCUT2D eigenvalue weighted by Gasteiger charge is 2.38. The summed E-state index contributed by atoms with van der Waals surface area (Å²) in [4.78, 5) is 41.4. The predicted octanol–water partition coefficient (Wildman–Crippen LogP) is 2.80. The fourth-order valence-corrected chi connectivity index (χ4v) is 5.80. The van der Waals surface area contributed by atoms with Crippen molar-refractivity contribution in [2.75, 3.05) is 28.4 Å². The number of benzene rings is 3. The maximum atomic E-state index is 14.4. The first-order valence-corrected chi connectivity index (χ1v) is 17.8. The normalized spacial score (nSPS) is 14.2. The molecule has 0 bridgehead atoms. The van der Waals surface area contributed by atoms with Crippen molar-refractivity contribution in [1.29, 1.82) is 0 Å². The van der Waals surface area contributed by atoms with Gasteiger partial charge in [0, 0.05) is 30.3 Å². The van der Waals surface area contributed by atoms with E-state index in [0.29, 0.717) is 34.1 Å². The first kappa shape index (κ1) is 43.4. The molecule has 5 atom stereocenters. The maximum Gasteiger partial charge on any atom is 0.243 e. The molecule has 0 aliphatic rings. The Bertz CT molecular complexity index is 1700. The summed E-state index contributed by atoms with van der Waals surface area (Å²) >= 11 is 0. The van der Waals surface area contributed by atoms with Crippen molar-refractivity contribution >= 4 is 17.7 Å². The predicted molar refractivity (Wildman–Crippen MR) is 206 cm³/mol. The second kappa shape index (κ2) is 19.9. The number of aliphatic hydroxyl groups is 1. The Kier molecular flexibility index (Phi) is 15.9. The van der Waals surface area contributed by atoms with Gasteiger partial charge in [-0.2, -0.15) is 0 Å². The Labute approximate surface area is 318 Å².